The monoisotopic (exact) mass is 163 g/mol. The molecule has 1 aliphatic heterocycles. The first-order chi connectivity index (χ1) is 5.74. The molecule has 0 amide bonds. The highest BCUT2D eigenvalue weighted by atomic mass is 14.9. The minimum atomic E-state index is 0.652. The van der Waals surface area contributed by atoms with Crippen LogP contribution in [0.25, 0.3) is 0 Å². The molecule has 0 saturated carbocycles. The SMILES string of the molecule is C=C/C(=C\C(=C)C)C1CCNC1. The quantitative estimate of drug-likeness (QED) is 0.629. The van der Waals surface area contributed by atoms with Crippen LogP contribution in [0.3, 0.4) is 0 Å². The Morgan fingerprint density at radius 2 is 2.33 bits per heavy atom. The van der Waals surface area contributed by atoms with E-state index in [0.29, 0.717) is 5.92 Å². The predicted octanol–water partition coefficient (Wildman–Crippen LogP) is 2.28. The van der Waals surface area contributed by atoms with Gasteiger partial charge in [0, 0.05) is 6.54 Å². The molecule has 1 rings (SSSR count). The van der Waals surface area contributed by atoms with E-state index in [2.05, 4.69) is 24.6 Å². The molecular formula is C11H17N. The third kappa shape index (κ3) is 2.35. The Labute approximate surface area is 74.9 Å². The van der Waals surface area contributed by atoms with Crippen molar-refractivity contribution in [2.45, 2.75) is 13.3 Å². The molecule has 0 aromatic rings. The molecule has 12 heavy (non-hydrogen) atoms. The van der Waals surface area contributed by atoms with Crippen molar-refractivity contribution in [3.63, 3.8) is 0 Å². The van der Waals surface area contributed by atoms with E-state index in [1.807, 2.05) is 13.0 Å². The fourth-order valence-electron chi connectivity index (χ4n) is 1.57. The molecule has 1 saturated heterocycles. The number of allylic oxidation sites excluding steroid dienone is 3. The Hall–Kier alpha value is -0.820. The van der Waals surface area contributed by atoms with Gasteiger partial charge in [0.05, 0.1) is 0 Å². The minimum Gasteiger partial charge on any atom is -0.316 e. The molecule has 66 valence electrons. The van der Waals surface area contributed by atoms with Crippen LogP contribution in [0.15, 0.2) is 36.5 Å². The summed E-state index contributed by atoms with van der Waals surface area (Å²) in [6, 6.07) is 0. The van der Waals surface area contributed by atoms with Gasteiger partial charge in [-0.25, -0.2) is 0 Å². The lowest BCUT2D eigenvalue weighted by molar-refractivity contribution is 0.698. The Balaban J connectivity index is 2.66. The van der Waals surface area contributed by atoms with Crippen molar-refractivity contribution in [2.75, 3.05) is 13.1 Å². The number of nitrogens with one attached hydrogen (secondary N) is 1. The largest absolute Gasteiger partial charge is 0.316 e. The lowest BCUT2D eigenvalue weighted by Crippen LogP contribution is -2.09. The molecule has 1 aliphatic rings. The Morgan fingerprint density at radius 1 is 1.58 bits per heavy atom. The molecule has 0 aliphatic carbocycles. The van der Waals surface area contributed by atoms with E-state index in [9.17, 15) is 0 Å². The van der Waals surface area contributed by atoms with Gasteiger partial charge in [0.1, 0.15) is 0 Å². The predicted molar refractivity (Wildman–Crippen MR) is 54.1 cm³/mol. The van der Waals surface area contributed by atoms with E-state index in [4.69, 9.17) is 0 Å². The normalized spacial score (nSPS) is 24.1. The first kappa shape index (κ1) is 9.27. The molecule has 1 N–H and O–H groups in total. The molecule has 1 unspecified atom stereocenters. The summed E-state index contributed by atoms with van der Waals surface area (Å²) in [5, 5.41) is 3.34. The van der Waals surface area contributed by atoms with Crippen LogP contribution in [-0.2, 0) is 0 Å². The summed E-state index contributed by atoms with van der Waals surface area (Å²) in [6.07, 6.45) is 5.31. The van der Waals surface area contributed by atoms with Crippen molar-refractivity contribution in [1.29, 1.82) is 0 Å². The van der Waals surface area contributed by atoms with Gasteiger partial charge in [-0.05, 0) is 31.4 Å². The second-order valence-corrected chi connectivity index (χ2v) is 3.38. The zero-order valence-corrected chi connectivity index (χ0v) is 7.77. The van der Waals surface area contributed by atoms with Gasteiger partial charge in [-0.2, -0.15) is 0 Å². The first-order valence-corrected chi connectivity index (χ1v) is 4.44. The second-order valence-electron chi connectivity index (χ2n) is 3.38. The average molecular weight is 163 g/mol. The lowest BCUT2D eigenvalue weighted by atomic mass is 9.97. The molecule has 0 aromatic carbocycles. The van der Waals surface area contributed by atoms with Crippen molar-refractivity contribution in [1.82, 2.24) is 5.32 Å². The first-order valence-electron chi connectivity index (χ1n) is 4.44. The van der Waals surface area contributed by atoms with Gasteiger partial charge in [0.2, 0.25) is 0 Å². The molecule has 0 spiro atoms. The fourth-order valence-corrected chi connectivity index (χ4v) is 1.57. The maximum atomic E-state index is 3.87. The van der Waals surface area contributed by atoms with Crippen molar-refractivity contribution < 1.29 is 0 Å². The zero-order valence-electron chi connectivity index (χ0n) is 7.77. The fraction of sp³-hybridized carbons (Fsp3) is 0.455. The van der Waals surface area contributed by atoms with Crippen LogP contribution in [-0.4, -0.2) is 13.1 Å². The highest BCUT2D eigenvalue weighted by Crippen LogP contribution is 2.20. The van der Waals surface area contributed by atoms with E-state index in [1.165, 1.54) is 12.0 Å². The van der Waals surface area contributed by atoms with Crippen LogP contribution >= 0.6 is 0 Å². The Morgan fingerprint density at radius 3 is 2.75 bits per heavy atom. The summed E-state index contributed by atoms with van der Waals surface area (Å²) in [5.74, 6) is 0.652. The highest BCUT2D eigenvalue weighted by molar-refractivity contribution is 5.29. The molecular weight excluding hydrogens is 146 g/mol. The summed E-state index contributed by atoms with van der Waals surface area (Å²) in [6.45, 7) is 11.9. The van der Waals surface area contributed by atoms with Crippen LogP contribution in [0.2, 0.25) is 0 Å². The standard InChI is InChI=1S/C11H17N/c1-4-10(7-9(2)3)11-5-6-12-8-11/h4,7,11-12H,1-2,5-6,8H2,3H3/b10-7+. The van der Waals surface area contributed by atoms with Crippen LogP contribution in [0.1, 0.15) is 13.3 Å². The topological polar surface area (TPSA) is 12.0 Å². The van der Waals surface area contributed by atoms with Crippen molar-refractivity contribution in [3.8, 4) is 0 Å². The van der Waals surface area contributed by atoms with Gasteiger partial charge < -0.3 is 5.32 Å². The van der Waals surface area contributed by atoms with Gasteiger partial charge in [-0.15, -0.1) is 0 Å². The molecule has 0 radical (unpaired) electrons. The molecule has 0 aromatic heterocycles. The molecule has 1 heterocycles. The van der Waals surface area contributed by atoms with Crippen molar-refractivity contribution in [2.24, 2.45) is 5.92 Å². The van der Waals surface area contributed by atoms with Gasteiger partial charge in [0.15, 0.2) is 0 Å². The maximum Gasteiger partial charge on any atom is 0.00206 e. The van der Waals surface area contributed by atoms with Crippen LogP contribution in [0, 0.1) is 5.92 Å². The third-order valence-electron chi connectivity index (χ3n) is 2.18. The maximum absolute atomic E-state index is 3.87. The van der Waals surface area contributed by atoms with Crippen LogP contribution in [0.4, 0.5) is 0 Å². The summed E-state index contributed by atoms with van der Waals surface area (Å²) < 4.78 is 0. The van der Waals surface area contributed by atoms with Gasteiger partial charge in [0.25, 0.3) is 0 Å². The lowest BCUT2D eigenvalue weighted by Gasteiger charge is -2.09. The molecule has 1 fully saturated rings. The minimum absolute atomic E-state index is 0.652. The van der Waals surface area contributed by atoms with Crippen LogP contribution in [0.5, 0.6) is 0 Å². The van der Waals surface area contributed by atoms with E-state index < -0.39 is 0 Å². The van der Waals surface area contributed by atoms with Crippen molar-refractivity contribution in [3.05, 3.63) is 36.5 Å². The van der Waals surface area contributed by atoms with Gasteiger partial charge in [-0.1, -0.05) is 30.9 Å². The summed E-state index contributed by atoms with van der Waals surface area (Å²) in [5.41, 5.74) is 2.43. The highest BCUT2D eigenvalue weighted by Gasteiger charge is 2.16. The molecule has 1 nitrogen and oxygen atoms in total. The van der Waals surface area contributed by atoms with Crippen LogP contribution < -0.4 is 5.32 Å². The van der Waals surface area contributed by atoms with E-state index in [1.54, 1.807) is 0 Å². The van der Waals surface area contributed by atoms with E-state index >= 15 is 0 Å². The molecule has 0 bridgehead atoms. The third-order valence-corrected chi connectivity index (χ3v) is 2.18. The molecule has 1 atom stereocenters. The summed E-state index contributed by atoms with van der Waals surface area (Å²) in [7, 11) is 0. The van der Waals surface area contributed by atoms with Gasteiger partial charge in [-0.3, -0.25) is 0 Å². The van der Waals surface area contributed by atoms with E-state index in [-0.39, 0.29) is 0 Å². The number of hydrogen-bond donors (Lipinski definition) is 1. The Kier molecular flexibility index (Phi) is 3.30. The summed E-state index contributed by atoms with van der Waals surface area (Å²) >= 11 is 0. The van der Waals surface area contributed by atoms with Gasteiger partial charge >= 0.3 is 0 Å². The smallest absolute Gasteiger partial charge is 0.00206 e. The zero-order chi connectivity index (χ0) is 8.97. The van der Waals surface area contributed by atoms with Crippen molar-refractivity contribution >= 4 is 0 Å². The Bertz CT molecular complexity index is 207. The number of hydrogen-bond acceptors (Lipinski definition) is 1. The average Bonchev–Trinajstić information content (AvgIpc) is 2.51. The van der Waals surface area contributed by atoms with E-state index in [0.717, 1.165) is 18.7 Å². The molecule has 1 heteroatoms. The number of rotatable bonds is 3. The second kappa shape index (κ2) is 4.27. The summed E-state index contributed by atoms with van der Waals surface area (Å²) in [4.78, 5) is 0.